The fourth-order valence-electron chi connectivity index (χ4n) is 2.88. The summed E-state index contributed by atoms with van der Waals surface area (Å²) in [6.45, 7) is 0.536. The Labute approximate surface area is 175 Å². The molecular weight excluding hydrogens is 398 g/mol. The van der Waals surface area contributed by atoms with Crippen LogP contribution in [-0.4, -0.2) is 35.1 Å². The number of rotatable bonds is 20. The Balaban J connectivity index is 3.49. The second-order valence-corrected chi connectivity index (χ2v) is 8.63. The number of esters is 1. The summed E-state index contributed by atoms with van der Waals surface area (Å²) in [6, 6.07) is 0. The van der Waals surface area contributed by atoms with Gasteiger partial charge in [-0.1, -0.05) is 70.4 Å². The lowest BCUT2D eigenvalue weighted by Gasteiger charge is -2.15. The number of phosphoric ester groups is 1. The van der Waals surface area contributed by atoms with E-state index in [4.69, 9.17) is 14.5 Å². The van der Waals surface area contributed by atoms with Crippen molar-refractivity contribution >= 4 is 13.8 Å². The third kappa shape index (κ3) is 21.8. The lowest BCUT2D eigenvalue weighted by molar-refractivity contribution is -0.152. The summed E-state index contributed by atoms with van der Waals surface area (Å²) in [5.74, 6) is -0.570. The smallest absolute Gasteiger partial charge is 0.457 e. The number of alkyl halides is 1. The van der Waals surface area contributed by atoms with Crippen molar-refractivity contribution in [2.24, 2.45) is 0 Å². The summed E-state index contributed by atoms with van der Waals surface area (Å²) in [7, 11) is -4.69. The topological polar surface area (TPSA) is 93.1 Å². The summed E-state index contributed by atoms with van der Waals surface area (Å²) in [4.78, 5) is 28.8. The van der Waals surface area contributed by atoms with Gasteiger partial charge in [-0.2, -0.15) is 0 Å². The molecule has 0 aromatic carbocycles. The normalized spacial score (nSPS) is 13.1. The zero-order chi connectivity index (χ0) is 21.8. The molecule has 0 aliphatic heterocycles. The molecule has 0 aliphatic carbocycles. The molecule has 0 saturated heterocycles. The first-order valence-electron chi connectivity index (χ1n) is 11.0. The lowest BCUT2D eigenvalue weighted by atomic mass is 10.1. The lowest BCUT2D eigenvalue weighted by Crippen LogP contribution is -2.25. The second-order valence-electron chi connectivity index (χ2n) is 7.39. The van der Waals surface area contributed by atoms with Crippen LogP contribution in [0, 0.1) is 0 Å². The van der Waals surface area contributed by atoms with E-state index in [0.717, 1.165) is 32.1 Å². The molecule has 29 heavy (non-hydrogen) atoms. The van der Waals surface area contributed by atoms with Gasteiger partial charge in [0.25, 0.3) is 0 Å². The number of ether oxygens (including phenoxy) is 1. The van der Waals surface area contributed by atoms with Crippen molar-refractivity contribution in [3.63, 3.8) is 0 Å². The fraction of sp³-hybridized carbons (Fsp3) is 0.857. The molecule has 8 heteroatoms. The van der Waals surface area contributed by atoms with Crippen LogP contribution in [0.2, 0.25) is 0 Å². The highest BCUT2D eigenvalue weighted by molar-refractivity contribution is 7.46. The van der Waals surface area contributed by atoms with E-state index in [2.05, 4.69) is 23.6 Å². The second kappa shape index (κ2) is 19.2. The minimum Gasteiger partial charge on any atom is -0.457 e. The maximum atomic E-state index is 12.7. The number of carbonyl (C=O) groups is 1. The Bertz CT molecular complexity index is 466. The third-order valence-corrected chi connectivity index (χ3v) is 5.03. The highest BCUT2D eigenvalue weighted by atomic mass is 31.2. The number of carbonyl (C=O) groups excluding carboxylic acids is 1. The number of halogens is 1. The number of unbranched alkanes of at least 4 members (excludes halogenated alkanes) is 11. The molecule has 0 heterocycles. The van der Waals surface area contributed by atoms with Crippen LogP contribution in [0.5, 0.6) is 0 Å². The number of hydrogen-bond donors (Lipinski definition) is 2. The summed E-state index contributed by atoms with van der Waals surface area (Å²) < 4.78 is 32.3. The molecule has 0 fully saturated rings. The number of phosphoric acid groups is 1. The van der Waals surface area contributed by atoms with Crippen LogP contribution in [0.4, 0.5) is 4.39 Å². The van der Waals surface area contributed by atoms with Crippen LogP contribution in [0.3, 0.4) is 0 Å². The van der Waals surface area contributed by atoms with Crippen molar-refractivity contribution < 1.29 is 32.8 Å². The first kappa shape index (κ1) is 28.2. The van der Waals surface area contributed by atoms with Crippen molar-refractivity contribution in [3.8, 4) is 0 Å². The van der Waals surface area contributed by atoms with Gasteiger partial charge < -0.3 is 14.5 Å². The van der Waals surface area contributed by atoms with Crippen LogP contribution >= 0.6 is 7.82 Å². The van der Waals surface area contributed by atoms with Gasteiger partial charge >= 0.3 is 13.8 Å². The van der Waals surface area contributed by atoms with E-state index >= 15 is 0 Å². The van der Waals surface area contributed by atoms with Crippen molar-refractivity contribution in [3.05, 3.63) is 12.2 Å². The van der Waals surface area contributed by atoms with Crippen LogP contribution in [0.1, 0.15) is 96.8 Å². The maximum absolute atomic E-state index is 12.7. The Kier molecular flexibility index (Phi) is 18.7. The standard InChI is InChI=1S/C21H40FO6P/c1-2-3-4-5-6-7-8-9-10-11-12-13-14-15-16-17-21(23)28-20(18-22)19-27-29(24,25)26/h9-10,20H,2-8,11-19H2,1H3,(H2,24,25,26)/b10-9-/t20-/m1/s1. The molecule has 6 nitrogen and oxygen atoms in total. The first-order chi connectivity index (χ1) is 13.9. The number of hydrogen-bond acceptors (Lipinski definition) is 4. The minimum atomic E-state index is -4.69. The Morgan fingerprint density at radius 1 is 0.931 bits per heavy atom. The van der Waals surface area contributed by atoms with E-state index in [0.29, 0.717) is 6.42 Å². The van der Waals surface area contributed by atoms with Gasteiger partial charge in [-0.05, 0) is 32.1 Å². The van der Waals surface area contributed by atoms with E-state index in [1.807, 2.05) is 0 Å². The third-order valence-electron chi connectivity index (χ3n) is 4.54. The molecule has 0 radical (unpaired) electrons. The molecule has 0 amide bonds. The number of allylic oxidation sites excluding steroid dienone is 2. The van der Waals surface area contributed by atoms with Gasteiger partial charge in [0, 0.05) is 6.42 Å². The first-order valence-corrected chi connectivity index (χ1v) is 12.5. The van der Waals surface area contributed by atoms with Crippen molar-refractivity contribution in [2.45, 2.75) is 103 Å². The molecule has 0 bridgehead atoms. The molecule has 0 spiro atoms. The Morgan fingerprint density at radius 2 is 1.45 bits per heavy atom. The molecule has 0 aromatic heterocycles. The van der Waals surface area contributed by atoms with Crippen LogP contribution in [-0.2, 0) is 18.6 Å². The Morgan fingerprint density at radius 3 is 1.97 bits per heavy atom. The van der Waals surface area contributed by atoms with Gasteiger partial charge in [0.1, 0.15) is 6.67 Å². The summed E-state index contributed by atoms with van der Waals surface area (Å²) >= 11 is 0. The summed E-state index contributed by atoms with van der Waals surface area (Å²) in [5.41, 5.74) is 0. The summed E-state index contributed by atoms with van der Waals surface area (Å²) in [5, 5.41) is 0. The maximum Gasteiger partial charge on any atom is 0.469 e. The largest absolute Gasteiger partial charge is 0.469 e. The van der Waals surface area contributed by atoms with Crippen LogP contribution in [0.25, 0.3) is 0 Å². The van der Waals surface area contributed by atoms with Gasteiger partial charge in [-0.3, -0.25) is 9.32 Å². The molecule has 1 atom stereocenters. The van der Waals surface area contributed by atoms with Gasteiger partial charge in [0.15, 0.2) is 6.10 Å². The highest BCUT2D eigenvalue weighted by Crippen LogP contribution is 2.35. The Hall–Kier alpha value is -0.750. The van der Waals surface area contributed by atoms with Crippen molar-refractivity contribution in [1.82, 2.24) is 0 Å². The molecule has 2 N–H and O–H groups in total. The van der Waals surface area contributed by atoms with E-state index in [9.17, 15) is 13.8 Å². The average Bonchev–Trinajstić information content (AvgIpc) is 2.67. The molecule has 0 saturated carbocycles. The molecule has 0 aromatic rings. The molecule has 0 aliphatic rings. The van der Waals surface area contributed by atoms with Crippen LogP contribution in [0.15, 0.2) is 12.2 Å². The van der Waals surface area contributed by atoms with E-state index in [1.54, 1.807) is 0 Å². The van der Waals surface area contributed by atoms with E-state index < -0.39 is 33.2 Å². The average molecular weight is 439 g/mol. The van der Waals surface area contributed by atoms with Crippen molar-refractivity contribution in [1.29, 1.82) is 0 Å². The quantitative estimate of drug-likeness (QED) is 0.105. The zero-order valence-electron chi connectivity index (χ0n) is 17.9. The monoisotopic (exact) mass is 438 g/mol. The predicted molar refractivity (Wildman–Crippen MR) is 113 cm³/mol. The van der Waals surface area contributed by atoms with E-state index in [1.165, 1.54) is 44.9 Å². The van der Waals surface area contributed by atoms with Gasteiger partial charge in [-0.25, -0.2) is 8.96 Å². The highest BCUT2D eigenvalue weighted by Gasteiger charge is 2.21. The van der Waals surface area contributed by atoms with Crippen molar-refractivity contribution in [2.75, 3.05) is 13.3 Å². The molecular formula is C21H40FO6P. The minimum absolute atomic E-state index is 0.171. The van der Waals surface area contributed by atoms with Gasteiger partial charge in [0.2, 0.25) is 0 Å². The van der Waals surface area contributed by atoms with Gasteiger partial charge in [-0.15, -0.1) is 0 Å². The van der Waals surface area contributed by atoms with Crippen LogP contribution < -0.4 is 0 Å². The molecule has 172 valence electrons. The van der Waals surface area contributed by atoms with E-state index in [-0.39, 0.29) is 6.42 Å². The fourth-order valence-corrected chi connectivity index (χ4v) is 3.24. The predicted octanol–water partition coefficient (Wildman–Crippen LogP) is 6.01. The zero-order valence-corrected chi connectivity index (χ0v) is 18.8. The summed E-state index contributed by atoms with van der Waals surface area (Å²) in [6.07, 6.45) is 18.5. The SMILES string of the molecule is CCCCCCCC/C=C\CCCCCCCC(=O)O[C@H](CF)COP(=O)(O)O. The molecule has 0 unspecified atom stereocenters. The molecule has 0 rings (SSSR count). The van der Waals surface area contributed by atoms with Gasteiger partial charge in [0.05, 0.1) is 6.61 Å².